The van der Waals surface area contributed by atoms with Gasteiger partial charge in [-0.1, -0.05) is 11.6 Å². The Labute approximate surface area is 58.4 Å². The predicted octanol–water partition coefficient (Wildman–Crippen LogP) is 1.64. The summed E-state index contributed by atoms with van der Waals surface area (Å²) in [6.45, 7) is 7.00. The Kier molecular flexibility index (Phi) is 2.48. The molecule has 0 amide bonds. The fourth-order valence-electron chi connectivity index (χ4n) is 1.13. The van der Waals surface area contributed by atoms with Crippen molar-refractivity contribution in [3.63, 3.8) is 0 Å². The van der Waals surface area contributed by atoms with Crippen molar-refractivity contribution in [2.45, 2.75) is 25.8 Å². The Morgan fingerprint density at radius 1 is 1.56 bits per heavy atom. The molecule has 0 radical (unpaired) electrons. The fourth-order valence-corrected chi connectivity index (χ4v) is 3.18. The van der Waals surface area contributed by atoms with Crippen LogP contribution in [0.4, 0.5) is 0 Å². The first-order chi connectivity index (χ1) is 4.30. The summed E-state index contributed by atoms with van der Waals surface area (Å²) < 4.78 is 5.58. The molecular weight excluding hydrogens is 128 g/mol. The average Bonchev–Trinajstić information content (AvgIpc) is 1.90. The first kappa shape index (κ1) is 7.03. The smallest absolute Gasteiger partial charge is 0.203 e. The molecule has 1 aliphatic heterocycles. The van der Waals surface area contributed by atoms with Gasteiger partial charge in [-0.3, -0.25) is 0 Å². The molecule has 0 aromatic carbocycles. The third kappa shape index (κ3) is 1.95. The van der Waals surface area contributed by atoms with Crippen molar-refractivity contribution in [2.75, 3.05) is 6.61 Å². The van der Waals surface area contributed by atoms with Gasteiger partial charge in [0.2, 0.25) is 9.04 Å². The molecule has 1 fully saturated rings. The maximum absolute atomic E-state index is 5.58. The summed E-state index contributed by atoms with van der Waals surface area (Å²) in [6.07, 6.45) is 2.63. The zero-order chi connectivity index (χ0) is 6.69. The lowest BCUT2D eigenvalue weighted by molar-refractivity contribution is 0.292. The molecule has 1 rings (SSSR count). The van der Waals surface area contributed by atoms with Gasteiger partial charge in [0.05, 0.1) is 0 Å². The maximum Gasteiger partial charge on any atom is 0.203 e. The zero-order valence-corrected chi connectivity index (χ0v) is 7.18. The van der Waals surface area contributed by atoms with Crippen LogP contribution in [-0.2, 0) is 4.43 Å². The predicted molar refractivity (Wildman–Crippen MR) is 42.0 cm³/mol. The van der Waals surface area contributed by atoms with E-state index in [2.05, 4.69) is 13.5 Å². The molecule has 1 atom stereocenters. The van der Waals surface area contributed by atoms with Gasteiger partial charge >= 0.3 is 0 Å². The summed E-state index contributed by atoms with van der Waals surface area (Å²) in [6, 6.07) is 1.31. The van der Waals surface area contributed by atoms with Crippen LogP contribution < -0.4 is 0 Å². The lowest BCUT2D eigenvalue weighted by Crippen LogP contribution is -2.24. The molecule has 9 heavy (non-hydrogen) atoms. The van der Waals surface area contributed by atoms with Gasteiger partial charge in [0.1, 0.15) is 0 Å². The fraction of sp³-hybridized carbons (Fsp3) is 0.714. The van der Waals surface area contributed by atoms with Gasteiger partial charge in [0.25, 0.3) is 0 Å². The van der Waals surface area contributed by atoms with E-state index in [0.717, 1.165) is 6.61 Å². The molecule has 0 bridgehead atoms. The van der Waals surface area contributed by atoms with Crippen molar-refractivity contribution in [1.29, 1.82) is 0 Å². The standard InChI is InChI=1S/C7H14OSi/c1-7(2)9-6-4-3-5-8-9/h9H,1,3-6H2,2H3. The third-order valence-electron chi connectivity index (χ3n) is 1.73. The lowest BCUT2D eigenvalue weighted by Gasteiger charge is -2.20. The quantitative estimate of drug-likeness (QED) is 0.506. The SMILES string of the molecule is C=C(C)[SiH]1CCCCO1. The van der Waals surface area contributed by atoms with E-state index in [1.165, 1.54) is 24.1 Å². The van der Waals surface area contributed by atoms with E-state index < -0.39 is 9.04 Å². The van der Waals surface area contributed by atoms with E-state index >= 15 is 0 Å². The van der Waals surface area contributed by atoms with Crippen LogP contribution in [-0.4, -0.2) is 15.6 Å². The van der Waals surface area contributed by atoms with Crippen LogP contribution >= 0.6 is 0 Å². The number of hydrogen-bond acceptors (Lipinski definition) is 1. The molecular formula is C7H14OSi. The van der Waals surface area contributed by atoms with Crippen LogP contribution in [0.2, 0.25) is 6.04 Å². The molecule has 1 nitrogen and oxygen atoms in total. The molecule has 1 heterocycles. The molecule has 1 saturated heterocycles. The molecule has 52 valence electrons. The van der Waals surface area contributed by atoms with E-state index in [0.29, 0.717) is 0 Å². The summed E-state index contributed by atoms with van der Waals surface area (Å²) >= 11 is 0. The largest absolute Gasteiger partial charge is 0.416 e. The second-order valence-electron chi connectivity index (χ2n) is 2.70. The summed E-state index contributed by atoms with van der Waals surface area (Å²) in [4.78, 5) is 0. The average molecular weight is 142 g/mol. The molecule has 0 saturated carbocycles. The van der Waals surface area contributed by atoms with Gasteiger partial charge in [-0.25, -0.2) is 0 Å². The van der Waals surface area contributed by atoms with E-state index in [-0.39, 0.29) is 0 Å². The van der Waals surface area contributed by atoms with E-state index in [1.54, 1.807) is 0 Å². The van der Waals surface area contributed by atoms with Crippen molar-refractivity contribution >= 4 is 9.04 Å². The Morgan fingerprint density at radius 2 is 2.33 bits per heavy atom. The van der Waals surface area contributed by atoms with Gasteiger partial charge in [-0.15, -0.1) is 6.58 Å². The van der Waals surface area contributed by atoms with E-state index in [9.17, 15) is 0 Å². The highest BCUT2D eigenvalue weighted by Gasteiger charge is 2.15. The molecule has 0 N–H and O–H groups in total. The van der Waals surface area contributed by atoms with E-state index in [4.69, 9.17) is 4.43 Å². The van der Waals surface area contributed by atoms with Gasteiger partial charge in [-0.2, -0.15) is 0 Å². The van der Waals surface area contributed by atoms with Crippen LogP contribution in [0.15, 0.2) is 11.8 Å². The van der Waals surface area contributed by atoms with Crippen molar-refractivity contribution in [3.8, 4) is 0 Å². The summed E-state index contributed by atoms with van der Waals surface area (Å²) in [5.74, 6) is 0. The first-order valence-corrected chi connectivity index (χ1v) is 5.44. The summed E-state index contributed by atoms with van der Waals surface area (Å²) in [5, 5.41) is 1.31. The Morgan fingerprint density at radius 3 is 2.67 bits per heavy atom. The highest BCUT2D eigenvalue weighted by molar-refractivity contribution is 6.60. The van der Waals surface area contributed by atoms with Crippen molar-refractivity contribution < 1.29 is 4.43 Å². The van der Waals surface area contributed by atoms with Gasteiger partial charge in [0, 0.05) is 6.61 Å². The molecule has 0 spiro atoms. The third-order valence-corrected chi connectivity index (χ3v) is 4.40. The van der Waals surface area contributed by atoms with Crippen LogP contribution in [0.25, 0.3) is 0 Å². The zero-order valence-electron chi connectivity index (χ0n) is 6.02. The minimum absolute atomic E-state index is 0.894. The second kappa shape index (κ2) is 3.18. The van der Waals surface area contributed by atoms with Gasteiger partial charge in [-0.05, 0) is 19.4 Å². The number of allylic oxidation sites excluding steroid dienone is 1. The van der Waals surface area contributed by atoms with E-state index in [1.807, 2.05) is 0 Å². The van der Waals surface area contributed by atoms with Crippen LogP contribution in [0, 0.1) is 0 Å². The summed E-state index contributed by atoms with van der Waals surface area (Å²) in [7, 11) is -0.894. The Hall–Kier alpha value is -0.0831. The summed E-state index contributed by atoms with van der Waals surface area (Å²) in [5.41, 5.74) is 0. The highest BCUT2D eigenvalue weighted by Crippen LogP contribution is 2.14. The lowest BCUT2D eigenvalue weighted by atomic mass is 10.4. The Bertz CT molecular complexity index is 105. The number of rotatable bonds is 1. The molecule has 0 aromatic heterocycles. The molecule has 0 aliphatic carbocycles. The molecule has 1 aliphatic rings. The van der Waals surface area contributed by atoms with Crippen LogP contribution in [0.1, 0.15) is 19.8 Å². The van der Waals surface area contributed by atoms with Crippen molar-refractivity contribution in [3.05, 3.63) is 11.8 Å². The van der Waals surface area contributed by atoms with Crippen molar-refractivity contribution in [2.24, 2.45) is 0 Å². The molecule has 2 heteroatoms. The van der Waals surface area contributed by atoms with Crippen LogP contribution in [0.3, 0.4) is 0 Å². The molecule has 1 unspecified atom stereocenters. The second-order valence-corrected chi connectivity index (χ2v) is 5.58. The van der Waals surface area contributed by atoms with Gasteiger partial charge < -0.3 is 4.43 Å². The Balaban J connectivity index is 2.31. The highest BCUT2D eigenvalue weighted by atomic mass is 28.3. The first-order valence-electron chi connectivity index (χ1n) is 3.57. The molecule has 0 aromatic rings. The maximum atomic E-state index is 5.58. The minimum atomic E-state index is -0.894. The van der Waals surface area contributed by atoms with Gasteiger partial charge in [0.15, 0.2) is 0 Å². The normalized spacial score (nSPS) is 27.9. The topological polar surface area (TPSA) is 9.23 Å². The monoisotopic (exact) mass is 142 g/mol. The number of hydrogen-bond donors (Lipinski definition) is 0. The van der Waals surface area contributed by atoms with Crippen molar-refractivity contribution in [1.82, 2.24) is 0 Å². The minimum Gasteiger partial charge on any atom is -0.416 e. The van der Waals surface area contributed by atoms with Crippen LogP contribution in [0.5, 0.6) is 0 Å².